The molecule has 0 heterocycles. The average Bonchev–Trinajstić information content (AvgIpc) is 1.89. The number of hydrogen-bond acceptors (Lipinski definition) is 2. The van der Waals surface area contributed by atoms with Crippen molar-refractivity contribution >= 4 is 0 Å². The van der Waals surface area contributed by atoms with Crippen molar-refractivity contribution in [2.45, 2.75) is 32.3 Å². The highest BCUT2D eigenvalue weighted by Gasteiger charge is 1.96. The SMILES string of the molecule is CC#CC(O)CCCCO. The summed E-state index contributed by atoms with van der Waals surface area (Å²) in [5.74, 6) is 5.26. The van der Waals surface area contributed by atoms with Gasteiger partial charge in [0, 0.05) is 6.61 Å². The number of aliphatic hydroxyl groups excluding tert-OH is 2. The van der Waals surface area contributed by atoms with E-state index in [1.807, 2.05) is 0 Å². The minimum atomic E-state index is -0.503. The lowest BCUT2D eigenvalue weighted by Gasteiger charge is -1.99. The molecule has 0 bridgehead atoms. The molecule has 0 fully saturated rings. The van der Waals surface area contributed by atoms with Gasteiger partial charge in [-0.25, -0.2) is 0 Å². The largest absolute Gasteiger partial charge is 0.396 e. The number of unbranched alkanes of at least 4 members (excludes halogenated alkanes) is 1. The van der Waals surface area contributed by atoms with E-state index in [-0.39, 0.29) is 6.61 Å². The summed E-state index contributed by atoms with van der Waals surface area (Å²) in [6, 6.07) is 0. The Hall–Kier alpha value is -0.520. The average molecular weight is 142 g/mol. The molecule has 0 aromatic heterocycles. The molecular weight excluding hydrogens is 128 g/mol. The first-order valence-corrected chi connectivity index (χ1v) is 3.52. The van der Waals surface area contributed by atoms with E-state index in [0.717, 1.165) is 12.8 Å². The van der Waals surface area contributed by atoms with Crippen LogP contribution in [-0.2, 0) is 0 Å². The molecule has 0 aliphatic heterocycles. The van der Waals surface area contributed by atoms with Crippen LogP contribution in [0.1, 0.15) is 26.2 Å². The van der Waals surface area contributed by atoms with Gasteiger partial charge in [0.1, 0.15) is 6.10 Å². The van der Waals surface area contributed by atoms with Crippen LogP contribution < -0.4 is 0 Å². The second-order valence-corrected chi connectivity index (χ2v) is 2.13. The van der Waals surface area contributed by atoms with Gasteiger partial charge in [-0.1, -0.05) is 5.92 Å². The second kappa shape index (κ2) is 6.60. The van der Waals surface area contributed by atoms with Crippen LogP contribution in [0.25, 0.3) is 0 Å². The maximum Gasteiger partial charge on any atom is 0.114 e. The van der Waals surface area contributed by atoms with E-state index in [1.165, 1.54) is 0 Å². The Morgan fingerprint density at radius 2 is 2.10 bits per heavy atom. The summed E-state index contributed by atoms with van der Waals surface area (Å²) >= 11 is 0. The summed E-state index contributed by atoms with van der Waals surface area (Å²) in [6.07, 6.45) is 1.76. The minimum absolute atomic E-state index is 0.201. The fourth-order valence-electron chi connectivity index (χ4n) is 0.688. The highest BCUT2D eigenvalue weighted by molar-refractivity contribution is 5.01. The van der Waals surface area contributed by atoms with Gasteiger partial charge in [0.2, 0.25) is 0 Å². The normalized spacial score (nSPS) is 11.9. The van der Waals surface area contributed by atoms with Crippen molar-refractivity contribution in [3.05, 3.63) is 0 Å². The Kier molecular flexibility index (Phi) is 6.25. The van der Waals surface area contributed by atoms with Crippen LogP contribution >= 0.6 is 0 Å². The quantitative estimate of drug-likeness (QED) is 0.444. The summed E-state index contributed by atoms with van der Waals surface area (Å²) in [7, 11) is 0. The van der Waals surface area contributed by atoms with Crippen LogP contribution in [0.15, 0.2) is 0 Å². The van der Waals surface area contributed by atoms with Gasteiger partial charge in [0.05, 0.1) is 0 Å². The smallest absolute Gasteiger partial charge is 0.114 e. The molecule has 1 unspecified atom stereocenters. The van der Waals surface area contributed by atoms with Crippen molar-refractivity contribution in [1.82, 2.24) is 0 Å². The maximum atomic E-state index is 9.02. The number of rotatable bonds is 4. The standard InChI is InChI=1S/C8H14O2/c1-2-5-8(10)6-3-4-7-9/h8-10H,3-4,6-7H2,1H3. The zero-order chi connectivity index (χ0) is 7.82. The van der Waals surface area contributed by atoms with E-state index in [1.54, 1.807) is 6.92 Å². The second-order valence-electron chi connectivity index (χ2n) is 2.13. The van der Waals surface area contributed by atoms with E-state index in [9.17, 15) is 0 Å². The highest BCUT2D eigenvalue weighted by Crippen LogP contribution is 1.98. The van der Waals surface area contributed by atoms with Crippen LogP contribution in [0.2, 0.25) is 0 Å². The Balaban J connectivity index is 3.18. The lowest BCUT2D eigenvalue weighted by atomic mass is 10.1. The molecule has 0 saturated carbocycles. The zero-order valence-electron chi connectivity index (χ0n) is 6.30. The topological polar surface area (TPSA) is 40.5 Å². The van der Waals surface area contributed by atoms with Gasteiger partial charge in [-0.2, -0.15) is 0 Å². The van der Waals surface area contributed by atoms with Crippen LogP contribution in [-0.4, -0.2) is 22.9 Å². The molecule has 0 aliphatic carbocycles. The molecule has 0 amide bonds. The lowest BCUT2D eigenvalue weighted by molar-refractivity contribution is 0.209. The van der Waals surface area contributed by atoms with E-state index >= 15 is 0 Å². The van der Waals surface area contributed by atoms with E-state index in [4.69, 9.17) is 10.2 Å². The maximum absolute atomic E-state index is 9.02. The van der Waals surface area contributed by atoms with Crippen molar-refractivity contribution in [3.63, 3.8) is 0 Å². The van der Waals surface area contributed by atoms with Crippen LogP contribution in [0.3, 0.4) is 0 Å². The van der Waals surface area contributed by atoms with Crippen LogP contribution in [0.5, 0.6) is 0 Å². The van der Waals surface area contributed by atoms with Gasteiger partial charge in [0.25, 0.3) is 0 Å². The van der Waals surface area contributed by atoms with Gasteiger partial charge in [-0.15, -0.1) is 5.92 Å². The fraction of sp³-hybridized carbons (Fsp3) is 0.750. The van der Waals surface area contributed by atoms with Crippen molar-refractivity contribution in [2.75, 3.05) is 6.61 Å². The summed E-state index contributed by atoms with van der Waals surface area (Å²) in [4.78, 5) is 0. The third-order valence-corrected chi connectivity index (χ3v) is 1.20. The van der Waals surface area contributed by atoms with Crippen molar-refractivity contribution in [3.8, 4) is 11.8 Å². The summed E-state index contributed by atoms with van der Waals surface area (Å²) < 4.78 is 0. The zero-order valence-corrected chi connectivity index (χ0v) is 6.30. The Bertz CT molecular complexity index is 121. The van der Waals surface area contributed by atoms with Gasteiger partial charge in [-0.3, -0.25) is 0 Å². The minimum Gasteiger partial charge on any atom is -0.396 e. The third kappa shape index (κ3) is 5.61. The number of hydrogen-bond donors (Lipinski definition) is 2. The molecular formula is C8H14O2. The summed E-state index contributed by atoms with van der Waals surface area (Å²) in [5.41, 5.74) is 0. The van der Waals surface area contributed by atoms with Gasteiger partial charge in [-0.05, 0) is 26.2 Å². The number of aliphatic hydroxyl groups is 2. The molecule has 0 rings (SSSR count). The van der Waals surface area contributed by atoms with E-state index in [2.05, 4.69) is 11.8 Å². The summed E-state index contributed by atoms with van der Waals surface area (Å²) in [5, 5.41) is 17.4. The molecule has 0 aromatic carbocycles. The molecule has 0 spiro atoms. The Morgan fingerprint density at radius 3 is 2.60 bits per heavy atom. The van der Waals surface area contributed by atoms with E-state index < -0.39 is 6.10 Å². The summed E-state index contributed by atoms with van der Waals surface area (Å²) in [6.45, 7) is 1.90. The molecule has 2 nitrogen and oxygen atoms in total. The Labute approximate surface area is 61.9 Å². The molecule has 2 N–H and O–H groups in total. The molecule has 0 aromatic rings. The van der Waals surface area contributed by atoms with Crippen molar-refractivity contribution in [1.29, 1.82) is 0 Å². The van der Waals surface area contributed by atoms with Gasteiger partial charge < -0.3 is 10.2 Å². The fourth-order valence-corrected chi connectivity index (χ4v) is 0.688. The first-order valence-electron chi connectivity index (χ1n) is 3.52. The monoisotopic (exact) mass is 142 g/mol. The molecule has 58 valence electrons. The van der Waals surface area contributed by atoms with Crippen molar-refractivity contribution < 1.29 is 10.2 Å². The molecule has 0 aliphatic rings. The van der Waals surface area contributed by atoms with Gasteiger partial charge in [0.15, 0.2) is 0 Å². The van der Waals surface area contributed by atoms with E-state index in [0.29, 0.717) is 6.42 Å². The third-order valence-electron chi connectivity index (χ3n) is 1.20. The molecule has 2 heteroatoms. The predicted molar refractivity (Wildman–Crippen MR) is 40.4 cm³/mol. The van der Waals surface area contributed by atoms with Gasteiger partial charge >= 0.3 is 0 Å². The highest BCUT2D eigenvalue weighted by atomic mass is 16.3. The first-order chi connectivity index (χ1) is 4.81. The van der Waals surface area contributed by atoms with Crippen molar-refractivity contribution in [2.24, 2.45) is 0 Å². The van der Waals surface area contributed by atoms with Crippen LogP contribution in [0.4, 0.5) is 0 Å². The molecule has 0 saturated heterocycles. The predicted octanol–water partition coefficient (Wildman–Crippen LogP) is 0.533. The Morgan fingerprint density at radius 1 is 1.40 bits per heavy atom. The lowest BCUT2D eigenvalue weighted by Crippen LogP contribution is -2.02. The molecule has 1 atom stereocenters. The first kappa shape index (κ1) is 9.48. The molecule has 10 heavy (non-hydrogen) atoms. The van der Waals surface area contributed by atoms with Crippen LogP contribution in [0, 0.1) is 11.8 Å². The molecule has 0 radical (unpaired) electrons.